The third-order valence-electron chi connectivity index (χ3n) is 3.83. The molecule has 0 aliphatic carbocycles. The molecule has 8 nitrogen and oxygen atoms in total. The molecule has 0 saturated carbocycles. The summed E-state index contributed by atoms with van der Waals surface area (Å²) in [5.41, 5.74) is 0.602. The van der Waals surface area contributed by atoms with Crippen molar-refractivity contribution < 1.29 is 23.0 Å². The quantitative estimate of drug-likeness (QED) is 0.354. The zero-order valence-corrected chi connectivity index (χ0v) is 14.2. The Morgan fingerprint density at radius 1 is 1.04 bits per heavy atom. The van der Waals surface area contributed by atoms with Gasteiger partial charge in [-0.3, -0.25) is 10.1 Å². The molecule has 0 N–H and O–H groups in total. The molecule has 0 unspecified atom stereocenters. The molecule has 0 radical (unpaired) electrons. The number of rotatable bonds is 6. The van der Waals surface area contributed by atoms with Crippen molar-refractivity contribution in [2.75, 3.05) is 0 Å². The number of nitrogens with zero attached hydrogens (tertiary/aromatic N) is 3. The van der Waals surface area contributed by atoms with Gasteiger partial charge in [-0.15, -0.1) is 0 Å². The smallest absolute Gasteiger partial charge is 0.293 e. The van der Waals surface area contributed by atoms with Crippen molar-refractivity contribution in [3.8, 4) is 28.8 Å². The van der Waals surface area contributed by atoms with Crippen molar-refractivity contribution >= 4 is 5.69 Å². The van der Waals surface area contributed by atoms with E-state index in [0.717, 1.165) is 0 Å². The predicted octanol–water partition coefficient (Wildman–Crippen LogP) is 4.62. The van der Waals surface area contributed by atoms with E-state index < -0.39 is 4.92 Å². The Balaban J connectivity index is 1.43. The number of non-ortho nitro benzene ring substituents is 1. The van der Waals surface area contributed by atoms with Crippen LogP contribution in [0.4, 0.5) is 10.1 Å². The maximum absolute atomic E-state index is 13.0. The van der Waals surface area contributed by atoms with Gasteiger partial charge in [0.15, 0.2) is 5.76 Å². The van der Waals surface area contributed by atoms with E-state index in [1.165, 1.54) is 36.4 Å². The number of nitro groups is 1. The van der Waals surface area contributed by atoms with Crippen molar-refractivity contribution in [3.05, 3.63) is 82.4 Å². The molecule has 0 spiro atoms. The second-order valence-electron chi connectivity index (χ2n) is 5.74. The summed E-state index contributed by atoms with van der Waals surface area (Å²) >= 11 is 0. The van der Waals surface area contributed by atoms with Gasteiger partial charge in [0, 0.05) is 17.7 Å². The van der Waals surface area contributed by atoms with Crippen LogP contribution in [0.15, 0.2) is 69.6 Å². The molecular formula is C19H12FN3O5. The van der Waals surface area contributed by atoms with E-state index in [1.54, 1.807) is 24.3 Å². The lowest BCUT2D eigenvalue weighted by Crippen LogP contribution is -1.94. The van der Waals surface area contributed by atoms with Crippen LogP contribution in [0.3, 0.4) is 0 Å². The summed E-state index contributed by atoms with van der Waals surface area (Å²) in [7, 11) is 0. The number of aromatic nitrogens is 2. The molecule has 0 saturated heterocycles. The maximum atomic E-state index is 13.0. The van der Waals surface area contributed by atoms with Crippen LogP contribution >= 0.6 is 0 Å². The monoisotopic (exact) mass is 381 g/mol. The Kier molecular flexibility index (Phi) is 4.55. The van der Waals surface area contributed by atoms with Gasteiger partial charge in [0.2, 0.25) is 5.82 Å². The van der Waals surface area contributed by atoms with Crippen LogP contribution in [0.2, 0.25) is 0 Å². The first-order valence-corrected chi connectivity index (χ1v) is 8.14. The van der Waals surface area contributed by atoms with Crippen molar-refractivity contribution in [3.63, 3.8) is 0 Å². The van der Waals surface area contributed by atoms with E-state index in [-0.39, 0.29) is 24.0 Å². The Hall–Kier alpha value is -4.01. The Morgan fingerprint density at radius 3 is 2.50 bits per heavy atom. The number of nitro benzene ring substituents is 1. The lowest BCUT2D eigenvalue weighted by atomic mass is 10.2. The molecule has 0 atom stereocenters. The summed E-state index contributed by atoms with van der Waals surface area (Å²) in [6.07, 6.45) is 0. The first kappa shape index (κ1) is 17.4. The number of benzene rings is 2. The van der Waals surface area contributed by atoms with Gasteiger partial charge in [0.05, 0.1) is 4.92 Å². The van der Waals surface area contributed by atoms with Crippen LogP contribution in [0.5, 0.6) is 5.75 Å². The Morgan fingerprint density at radius 2 is 1.79 bits per heavy atom. The van der Waals surface area contributed by atoms with Crippen LogP contribution in [-0.4, -0.2) is 15.1 Å². The summed E-state index contributed by atoms with van der Waals surface area (Å²) < 4.78 is 29.4. The summed E-state index contributed by atoms with van der Waals surface area (Å²) in [5.74, 6) is 1.49. The summed E-state index contributed by atoms with van der Waals surface area (Å²) in [5, 5.41) is 14.5. The fraction of sp³-hybridized carbons (Fsp3) is 0.0526. The first-order valence-electron chi connectivity index (χ1n) is 8.14. The average molecular weight is 381 g/mol. The maximum Gasteiger partial charge on any atom is 0.293 e. The molecule has 28 heavy (non-hydrogen) atoms. The van der Waals surface area contributed by atoms with Crippen LogP contribution in [0.25, 0.3) is 23.0 Å². The van der Waals surface area contributed by atoms with Gasteiger partial charge < -0.3 is 13.7 Å². The van der Waals surface area contributed by atoms with E-state index in [2.05, 4.69) is 10.1 Å². The van der Waals surface area contributed by atoms with E-state index in [4.69, 9.17) is 13.7 Å². The molecule has 4 aromatic rings. The van der Waals surface area contributed by atoms with Crippen LogP contribution in [-0.2, 0) is 6.61 Å². The minimum absolute atomic E-state index is 0.0130. The highest BCUT2D eigenvalue weighted by Crippen LogP contribution is 2.25. The average Bonchev–Trinajstić information content (AvgIpc) is 3.37. The van der Waals surface area contributed by atoms with Crippen molar-refractivity contribution in [2.45, 2.75) is 6.61 Å². The highest BCUT2D eigenvalue weighted by Gasteiger charge is 2.15. The van der Waals surface area contributed by atoms with E-state index in [9.17, 15) is 14.5 Å². The summed E-state index contributed by atoms with van der Waals surface area (Å²) in [6, 6.07) is 14.8. The Labute approximate surface area is 157 Å². The van der Waals surface area contributed by atoms with Gasteiger partial charge in [0.25, 0.3) is 11.6 Å². The zero-order valence-electron chi connectivity index (χ0n) is 14.2. The van der Waals surface area contributed by atoms with E-state index in [0.29, 0.717) is 28.7 Å². The molecule has 0 aliphatic heterocycles. The normalized spacial score (nSPS) is 10.8. The molecular weight excluding hydrogens is 369 g/mol. The van der Waals surface area contributed by atoms with E-state index >= 15 is 0 Å². The molecule has 0 bridgehead atoms. The number of hydrogen-bond acceptors (Lipinski definition) is 7. The zero-order chi connectivity index (χ0) is 19.5. The molecule has 2 aromatic heterocycles. The lowest BCUT2D eigenvalue weighted by Gasteiger charge is -2.03. The molecule has 0 amide bonds. The number of ether oxygens (including phenoxy) is 1. The second kappa shape index (κ2) is 7.31. The second-order valence-corrected chi connectivity index (χ2v) is 5.74. The van der Waals surface area contributed by atoms with Gasteiger partial charge in [-0.2, -0.15) is 4.98 Å². The van der Waals surface area contributed by atoms with Gasteiger partial charge >= 0.3 is 0 Å². The van der Waals surface area contributed by atoms with Gasteiger partial charge in [-0.1, -0.05) is 5.16 Å². The Bertz CT molecular complexity index is 1100. The van der Waals surface area contributed by atoms with Crippen LogP contribution < -0.4 is 4.74 Å². The molecule has 2 aromatic carbocycles. The van der Waals surface area contributed by atoms with Crippen LogP contribution in [0, 0.1) is 15.9 Å². The number of furan rings is 1. The topological polar surface area (TPSA) is 104 Å². The van der Waals surface area contributed by atoms with Crippen LogP contribution in [0.1, 0.15) is 5.76 Å². The molecule has 9 heteroatoms. The largest absolute Gasteiger partial charge is 0.486 e. The third kappa shape index (κ3) is 3.73. The predicted molar refractivity (Wildman–Crippen MR) is 94.8 cm³/mol. The number of halogens is 1. The molecule has 2 heterocycles. The molecule has 4 rings (SSSR count). The highest BCUT2D eigenvalue weighted by atomic mass is 19.1. The molecule has 140 valence electrons. The van der Waals surface area contributed by atoms with E-state index in [1.807, 2.05) is 0 Å². The molecule has 0 fully saturated rings. The standard InChI is InChI=1S/C19H12FN3O5/c20-13-3-1-12(2-4-13)18-21-19(28-22-18)17-10-9-16(27-17)11-26-15-7-5-14(6-8-15)23(24)25/h1-10H,11H2. The number of hydrogen-bond donors (Lipinski definition) is 0. The fourth-order valence-electron chi connectivity index (χ4n) is 2.43. The van der Waals surface area contributed by atoms with Crippen molar-refractivity contribution in [2.24, 2.45) is 0 Å². The molecule has 0 aliphatic rings. The SMILES string of the molecule is O=[N+]([O-])c1ccc(OCc2ccc(-c3nc(-c4ccc(F)cc4)no3)o2)cc1. The third-order valence-corrected chi connectivity index (χ3v) is 3.83. The van der Waals surface area contributed by atoms with Gasteiger partial charge in [-0.25, -0.2) is 4.39 Å². The minimum Gasteiger partial charge on any atom is -0.486 e. The summed E-state index contributed by atoms with van der Waals surface area (Å²) in [4.78, 5) is 14.4. The highest BCUT2D eigenvalue weighted by molar-refractivity contribution is 5.57. The first-order chi connectivity index (χ1) is 13.6. The summed E-state index contributed by atoms with van der Waals surface area (Å²) in [6.45, 7) is 0.122. The van der Waals surface area contributed by atoms with Crippen molar-refractivity contribution in [1.82, 2.24) is 10.1 Å². The van der Waals surface area contributed by atoms with Gasteiger partial charge in [0.1, 0.15) is 23.9 Å². The fourth-order valence-corrected chi connectivity index (χ4v) is 2.43. The minimum atomic E-state index is -0.479. The van der Waals surface area contributed by atoms with Gasteiger partial charge in [-0.05, 0) is 48.5 Å². The lowest BCUT2D eigenvalue weighted by molar-refractivity contribution is -0.384. The van der Waals surface area contributed by atoms with Crippen molar-refractivity contribution in [1.29, 1.82) is 0 Å².